The second kappa shape index (κ2) is 7.75. The minimum absolute atomic E-state index is 0.380. The lowest BCUT2D eigenvalue weighted by Crippen LogP contribution is -2.51. The average molecular weight is 332 g/mol. The first kappa shape index (κ1) is 17.6. The molecule has 24 heavy (non-hydrogen) atoms. The van der Waals surface area contributed by atoms with Crippen LogP contribution in [0.1, 0.15) is 50.2 Å². The lowest BCUT2D eigenvalue weighted by atomic mass is 9.91. The lowest BCUT2D eigenvalue weighted by Gasteiger charge is -2.43. The van der Waals surface area contributed by atoms with Crippen molar-refractivity contribution < 1.29 is 9.47 Å². The van der Waals surface area contributed by atoms with Crippen LogP contribution in [-0.4, -0.2) is 56.2 Å². The van der Waals surface area contributed by atoms with Crippen molar-refractivity contribution in [1.82, 2.24) is 9.80 Å². The van der Waals surface area contributed by atoms with Crippen LogP contribution in [0.2, 0.25) is 0 Å². The molecule has 0 spiro atoms. The molecule has 134 valence electrons. The molecule has 0 bridgehead atoms. The maximum Gasteiger partial charge on any atom is 0.130 e. The molecule has 1 saturated carbocycles. The van der Waals surface area contributed by atoms with Crippen LogP contribution in [0.15, 0.2) is 12.1 Å². The van der Waals surface area contributed by atoms with Crippen LogP contribution >= 0.6 is 0 Å². The summed E-state index contributed by atoms with van der Waals surface area (Å²) in [6.07, 6.45) is 4.24. The quantitative estimate of drug-likeness (QED) is 0.796. The van der Waals surface area contributed by atoms with Gasteiger partial charge in [0.25, 0.3) is 0 Å². The third kappa shape index (κ3) is 3.55. The number of nitrogens with zero attached hydrogens (tertiary/aromatic N) is 2. The Hall–Kier alpha value is -1.26. The van der Waals surface area contributed by atoms with Gasteiger partial charge in [-0.05, 0) is 24.8 Å². The SMILES string of the molecule is COc1ccc(CN2CCN(C3CCC3)CC2)c(OC)c1C(C)C. The maximum atomic E-state index is 5.79. The van der Waals surface area contributed by atoms with Crippen molar-refractivity contribution >= 4 is 0 Å². The van der Waals surface area contributed by atoms with Crippen molar-refractivity contribution in [3.05, 3.63) is 23.3 Å². The van der Waals surface area contributed by atoms with E-state index in [2.05, 4.69) is 35.8 Å². The van der Waals surface area contributed by atoms with Crippen molar-refractivity contribution in [3.8, 4) is 11.5 Å². The standard InChI is InChI=1S/C20H32N2O2/c1-15(2)19-18(23-3)9-8-16(20(19)24-4)14-21-10-12-22(13-11-21)17-6-5-7-17/h8-9,15,17H,5-7,10-14H2,1-4H3. The summed E-state index contributed by atoms with van der Waals surface area (Å²) < 4.78 is 11.3. The van der Waals surface area contributed by atoms with Crippen molar-refractivity contribution in [2.75, 3.05) is 40.4 Å². The van der Waals surface area contributed by atoms with Gasteiger partial charge in [0.2, 0.25) is 0 Å². The van der Waals surface area contributed by atoms with Gasteiger partial charge >= 0.3 is 0 Å². The second-order valence-corrected chi connectivity index (χ2v) is 7.43. The van der Waals surface area contributed by atoms with E-state index < -0.39 is 0 Å². The summed E-state index contributed by atoms with van der Waals surface area (Å²) in [6.45, 7) is 10.1. The van der Waals surface area contributed by atoms with E-state index in [4.69, 9.17) is 9.47 Å². The lowest BCUT2D eigenvalue weighted by molar-refractivity contribution is 0.0584. The number of hydrogen-bond acceptors (Lipinski definition) is 4. The fraction of sp³-hybridized carbons (Fsp3) is 0.700. The van der Waals surface area contributed by atoms with Gasteiger partial charge in [0.15, 0.2) is 0 Å². The highest BCUT2D eigenvalue weighted by Crippen LogP contribution is 2.38. The first-order chi connectivity index (χ1) is 11.6. The average Bonchev–Trinajstić information content (AvgIpc) is 2.54. The largest absolute Gasteiger partial charge is 0.496 e. The molecule has 1 saturated heterocycles. The zero-order valence-electron chi connectivity index (χ0n) is 15.7. The molecule has 0 amide bonds. The Bertz CT molecular complexity index is 547. The van der Waals surface area contributed by atoms with Crippen molar-refractivity contribution in [2.24, 2.45) is 0 Å². The summed E-state index contributed by atoms with van der Waals surface area (Å²) >= 11 is 0. The van der Waals surface area contributed by atoms with Gasteiger partial charge in [0.1, 0.15) is 11.5 Å². The molecule has 0 N–H and O–H groups in total. The molecule has 2 aliphatic rings. The monoisotopic (exact) mass is 332 g/mol. The van der Waals surface area contributed by atoms with Gasteiger partial charge in [0, 0.05) is 49.9 Å². The Balaban J connectivity index is 1.69. The molecule has 4 heteroatoms. The van der Waals surface area contributed by atoms with E-state index >= 15 is 0 Å². The number of ether oxygens (including phenoxy) is 2. The number of benzene rings is 1. The van der Waals surface area contributed by atoms with Crippen LogP contribution in [0.4, 0.5) is 0 Å². The van der Waals surface area contributed by atoms with Gasteiger partial charge in [-0.2, -0.15) is 0 Å². The Morgan fingerprint density at radius 2 is 1.75 bits per heavy atom. The van der Waals surface area contributed by atoms with Crippen molar-refractivity contribution in [3.63, 3.8) is 0 Å². The fourth-order valence-corrected chi connectivity index (χ4v) is 4.00. The molecule has 0 radical (unpaired) electrons. The first-order valence-corrected chi connectivity index (χ1v) is 9.34. The summed E-state index contributed by atoms with van der Waals surface area (Å²) in [5.41, 5.74) is 2.46. The Kier molecular flexibility index (Phi) is 5.67. The minimum Gasteiger partial charge on any atom is -0.496 e. The van der Waals surface area contributed by atoms with E-state index in [0.29, 0.717) is 5.92 Å². The van der Waals surface area contributed by atoms with Gasteiger partial charge in [0.05, 0.1) is 14.2 Å². The Morgan fingerprint density at radius 3 is 2.25 bits per heavy atom. The van der Waals surface area contributed by atoms with E-state index in [1.54, 1.807) is 14.2 Å². The van der Waals surface area contributed by atoms with Crippen molar-refractivity contribution in [2.45, 2.75) is 51.6 Å². The third-order valence-electron chi connectivity index (χ3n) is 5.63. The molecular formula is C20H32N2O2. The zero-order chi connectivity index (χ0) is 17.1. The number of piperazine rings is 1. The van der Waals surface area contributed by atoms with Gasteiger partial charge in [-0.15, -0.1) is 0 Å². The molecule has 1 aliphatic heterocycles. The van der Waals surface area contributed by atoms with E-state index in [9.17, 15) is 0 Å². The molecule has 4 nitrogen and oxygen atoms in total. The minimum atomic E-state index is 0.380. The van der Waals surface area contributed by atoms with Crippen molar-refractivity contribution in [1.29, 1.82) is 0 Å². The summed E-state index contributed by atoms with van der Waals surface area (Å²) in [7, 11) is 3.51. The Labute approximate surface area is 146 Å². The fourth-order valence-electron chi connectivity index (χ4n) is 4.00. The molecule has 3 rings (SSSR count). The Morgan fingerprint density at radius 1 is 1.04 bits per heavy atom. The molecule has 1 aromatic carbocycles. The van der Waals surface area contributed by atoms with Crippen LogP contribution in [0.5, 0.6) is 11.5 Å². The smallest absolute Gasteiger partial charge is 0.130 e. The highest BCUT2D eigenvalue weighted by molar-refractivity contribution is 5.51. The van der Waals surface area contributed by atoms with Crippen LogP contribution < -0.4 is 9.47 Å². The molecule has 1 heterocycles. The second-order valence-electron chi connectivity index (χ2n) is 7.43. The van der Waals surface area contributed by atoms with E-state index in [1.807, 2.05) is 0 Å². The normalized spacial score (nSPS) is 20.2. The van der Waals surface area contributed by atoms with Gasteiger partial charge in [-0.1, -0.05) is 26.3 Å². The van der Waals surface area contributed by atoms with Crippen LogP contribution in [0.25, 0.3) is 0 Å². The van der Waals surface area contributed by atoms with Crippen LogP contribution in [0, 0.1) is 0 Å². The van der Waals surface area contributed by atoms with Crippen LogP contribution in [0.3, 0.4) is 0 Å². The predicted molar refractivity (Wildman–Crippen MR) is 98.1 cm³/mol. The summed E-state index contributed by atoms with van der Waals surface area (Å²) in [6, 6.07) is 5.13. The number of methoxy groups -OCH3 is 2. The molecule has 0 atom stereocenters. The predicted octanol–water partition coefficient (Wildman–Crippen LogP) is 3.50. The molecular weight excluding hydrogens is 300 g/mol. The number of rotatable bonds is 6. The topological polar surface area (TPSA) is 24.9 Å². The van der Waals surface area contributed by atoms with E-state index in [1.165, 1.54) is 43.5 Å². The van der Waals surface area contributed by atoms with E-state index in [-0.39, 0.29) is 0 Å². The van der Waals surface area contributed by atoms with Gasteiger partial charge < -0.3 is 9.47 Å². The summed E-state index contributed by atoms with van der Waals surface area (Å²) in [5, 5.41) is 0. The highest BCUT2D eigenvalue weighted by Gasteiger charge is 2.28. The third-order valence-corrected chi connectivity index (χ3v) is 5.63. The summed E-state index contributed by atoms with van der Waals surface area (Å²) in [5.74, 6) is 2.32. The molecule has 2 fully saturated rings. The van der Waals surface area contributed by atoms with Gasteiger partial charge in [-0.3, -0.25) is 9.80 Å². The zero-order valence-corrected chi connectivity index (χ0v) is 15.7. The number of hydrogen-bond donors (Lipinski definition) is 0. The maximum absolute atomic E-state index is 5.79. The first-order valence-electron chi connectivity index (χ1n) is 9.34. The molecule has 1 aliphatic carbocycles. The van der Waals surface area contributed by atoms with E-state index in [0.717, 1.165) is 37.2 Å². The molecule has 0 aromatic heterocycles. The molecule has 0 unspecified atom stereocenters. The van der Waals surface area contributed by atoms with Crippen LogP contribution in [-0.2, 0) is 6.54 Å². The van der Waals surface area contributed by atoms with Gasteiger partial charge in [-0.25, -0.2) is 0 Å². The molecule has 1 aromatic rings. The summed E-state index contributed by atoms with van der Waals surface area (Å²) in [4.78, 5) is 5.24. The highest BCUT2D eigenvalue weighted by atomic mass is 16.5.